The summed E-state index contributed by atoms with van der Waals surface area (Å²) in [6, 6.07) is 9.94. The molecule has 3 nitrogen and oxygen atoms in total. The fourth-order valence-electron chi connectivity index (χ4n) is 3.62. The minimum absolute atomic E-state index is 0.0860. The summed E-state index contributed by atoms with van der Waals surface area (Å²) >= 11 is 0. The number of aryl methyl sites for hydroxylation is 1. The number of Topliss-reactive ketones (excluding diaryl/α,β-unsaturated/α-hetero) is 1. The van der Waals surface area contributed by atoms with Crippen LogP contribution in [0.4, 0.5) is 8.78 Å². The maximum atomic E-state index is 13.9. The van der Waals surface area contributed by atoms with Crippen LogP contribution in [-0.2, 0) is 29.0 Å². The van der Waals surface area contributed by atoms with E-state index in [0.29, 0.717) is 24.0 Å². The fraction of sp³-hybridized carbons (Fsp3) is 0.435. The summed E-state index contributed by atoms with van der Waals surface area (Å²) in [5, 5.41) is 10.3. The van der Waals surface area contributed by atoms with Gasteiger partial charge in [-0.05, 0) is 47.1 Å². The van der Waals surface area contributed by atoms with Gasteiger partial charge in [-0.3, -0.25) is 4.79 Å². The highest BCUT2D eigenvalue weighted by atomic mass is 19.3. The van der Waals surface area contributed by atoms with Gasteiger partial charge in [-0.1, -0.05) is 45.0 Å². The molecule has 5 heteroatoms. The highest BCUT2D eigenvalue weighted by molar-refractivity contribution is 5.86. The number of ketones is 1. The zero-order valence-electron chi connectivity index (χ0n) is 16.7. The second-order valence-corrected chi connectivity index (χ2v) is 8.57. The number of hydrogen-bond donors (Lipinski definition) is 1. The van der Waals surface area contributed by atoms with Crippen molar-refractivity contribution in [2.24, 2.45) is 0 Å². The number of para-hydroxylation sites is 1. The van der Waals surface area contributed by atoms with E-state index < -0.39 is 12.0 Å². The molecular weight excluding hydrogens is 362 g/mol. The molecule has 150 valence electrons. The van der Waals surface area contributed by atoms with E-state index in [9.17, 15) is 18.7 Å². The van der Waals surface area contributed by atoms with E-state index in [2.05, 4.69) is 0 Å². The molecule has 0 saturated carbocycles. The maximum absolute atomic E-state index is 13.9. The van der Waals surface area contributed by atoms with Crippen molar-refractivity contribution in [3.8, 4) is 11.5 Å². The third-order valence-electron chi connectivity index (χ3n) is 5.11. The Hall–Kier alpha value is -2.43. The van der Waals surface area contributed by atoms with Crippen molar-refractivity contribution in [3.05, 3.63) is 58.7 Å². The van der Waals surface area contributed by atoms with Crippen LogP contribution in [0.2, 0.25) is 0 Å². The van der Waals surface area contributed by atoms with Crippen LogP contribution in [0.5, 0.6) is 11.5 Å². The number of hydrogen-bond acceptors (Lipinski definition) is 3. The van der Waals surface area contributed by atoms with Crippen LogP contribution >= 0.6 is 0 Å². The van der Waals surface area contributed by atoms with Crippen molar-refractivity contribution >= 4 is 5.78 Å². The second kappa shape index (κ2) is 7.19. The Morgan fingerprint density at radius 2 is 1.86 bits per heavy atom. The Morgan fingerprint density at radius 3 is 2.46 bits per heavy atom. The van der Waals surface area contributed by atoms with Crippen molar-refractivity contribution < 1.29 is 23.4 Å². The Bertz CT molecular complexity index is 892. The second-order valence-electron chi connectivity index (χ2n) is 8.57. The third kappa shape index (κ3) is 4.18. The number of carbonyl (C=O) groups excluding carboxylic acids is 1. The Labute approximate surface area is 164 Å². The number of benzene rings is 2. The number of ether oxygens (including phenoxy) is 1. The number of carbonyl (C=O) groups is 1. The molecule has 0 amide bonds. The SMILES string of the molecule is CC(C)(C)c1ccc(CC(=O)C2CCc3cccc(C(C)(F)F)c3O2)cc1O. The lowest BCUT2D eigenvalue weighted by Gasteiger charge is -2.28. The molecule has 0 radical (unpaired) electrons. The van der Waals surface area contributed by atoms with Gasteiger partial charge in [0.1, 0.15) is 11.5 Å². The summed E-state index contributed by atoms with van der Waals surface area (Å²) in [5.74, 6) is -2.93. The molecule has 0 aromatic heterocycles. The molecule has 1 heterocycles. The summed E-state index contributed by atoms with van der Waals surface area (Å²) in [4.78, 5) is 12.7. The predicted octanol–water partition coefficient (Wildman–Crippen LogP) is 5.31. The molecule has 0 spiro atoms. The first kappa shape index (κ1) is 20.3. The molecule has 1 atom stereocenters. The van der Waals surface area contributed by atoms with E-state index in [4.69, 9.17) is 4.74 Å². The van der Waals surface area contributed by atoms with Gasteiger partial charge in [0.05, 0.1) is 5.56 Å². The van der Waals surface area contributed by atoms with E-state index in [1.165, 1.54) is 6.07 Å². The average Bonchev–Trinajstić information content (AvgIpc) is 2.58. The van der Waals surface area contributed by atoms with Gasteiger partial charge in [-0.2, -0.15) is 0 Å². The number of phenols is 1. The minimum Gasteiger partial charge on any atom is -0.508 e. The van der Waals surface area contributed by atoms with Gasteiger partial charge in [-0.15, -0.1) is 0 Å². The number of aromatic hydroxyl groups is 1. The fourth-order valence-corrected chi connectivity index (χ4v) is 3.62. The van der Waals surface area contributed by atoms with Gasteiger partial charge in [0, 0.05) is 13.3 Å². The van der Waals surface area contributed by atoms with E-state index >= 15 is 0 Å². The first-order chi connectivity index (χ1) is 13.0. The van der Waals surface area contributed by atoms with E-state index in [1.54, 1.807) is 18.2 Å². The molecule has 1 aliphatic rings. The molecule has 0 bridgehead atoms. The number of phenolic OH excluding ortho intramolecular Hbond substituents is 1. The topological polar surface area (TPSA) is 46.5 Å². The van der Waals surface area contributed by atoms with Gasteiger partial charge in [0.15, 0.2) is 11.9 Å². The molecule has 0 aliphatic carbocycles. The van der Waals surface area contributed by atoms with Crippen LogP contribution in [0.1, 0.15) is 56.4 Å². The van der Waals surface area contributed by atoms with Crippen LogP contribution in [0, 0.1) is 0 Å². The van der Waals surface area contributed by atoms with Crippen molar-refractivity contribution in [2.45, 2.75) is 64.4 Å². The zero-order valence-corrected chi connectivity index (χ0v) is 16.7. The quantitative estimate of drug-likeness (QED) is 0.772. The molecule has 28 heavy (non-hydrogen) atoms. The maximum Gasteiger partial charge on any atom is 0.274 e. The number of halogens is 2. The van der Waals surface area contributed by atoms with E-state index in [-0.39, 0.29) is 34.7 Å². The summed E-state index contributed by atoms with van der Waals surface area (Å²) in [7, 11) is 0. The summed E-state index contributed by atoms with van der Waals surface area (Å²) in [6.45, 7) is 6.83. The molecule has 2 aromatic carbocycles. The summed E-state index contributed by atoms with van der Waals surface area (Å²) in [6.07, 6.45) is 0.295. The van der Waals surface area contributed by atoms with Crippen molar-refractivity contribution in [2.75, 3.05) is 0 Å². The highest BCUT2D eigenvalue weighted by Crippen LogP contribution is 2.40. The Balaban J connectivity index is 1.78. The Morgan fingerprint density at radius 1 is 1.14 bits per heavy atom. The molecule has 3 rings (SSSR count). The summed E-state index contributed by atoms with van der Waals surface area (Å²) < 4.78 is 33.5. The largest absolute Gasteiger partial charge is 0.508 e. The van der Waals surface area contributed by atoms with Gasteiger partial charge in [0.25, 0.3) is 5.92 Å². The normalized spacial score (nSPS) is 17.0. The first-order valence-corrected chi connectivity index (χ1v) is 9.49. The molecular formula is C23H26F2O3. The minimum atomic E-state index is -3.04. The molecule has 0 fully saturated rings. The standard InChI is InChI=1S/C23H26F2O3/c1-22(2,3)16-10-8-14(12-18(16)26)13-19(27)20-11-9-15-6-5-7-17(21(15)28-20)23(4,24)25/h5-8,10,12,20,26H,9,11,13H2,1-4H3. The molecule has 0 saturated heterocycles. The molecule has 1 aliphatic heterocycles. The van der Waals surface area contributed by atoms with Crippen LogP contribution in [0.25, 0.3) is 0 Å². The Kier molecular flexibility index (Phi) is 5.22. The molecule has 2 aromatic rings. The number of fused-ring (bicyclic) bond motifs is 1. The lowest BCUT2D eigenvalue weighted by molar-refractivity contribution is -0.126. The van der Waals surface area contributed by atoms with E-state index in [1.807, 2.05) is 32.9 Å². The number of alkyl halides is 2. The van der Waals surface area contributed by atoms with Crippen molar-refractivity contribution in [1.82, 2.24) is 0 Å². The lowest BCUT2D eigenvalue weighted by atomic mass is 9.85. The lowest BCUT2D eigenvalue weighted by Crippen LogP contribution is -2.33. The highest BCUT2D eigenvalue weighted by Gasteiger charge is 2.34. The molecule has 1 unspecified atom stereocenters. The predicted molar refractivity (Wildman–Crippen MR) is 104 cm³/mol. The number of rotatable bonds is 4. The van der Waals surface area contributed by atoms with Crippen molar-refractivity contribution in [1.29, 1.82) is 0 Å². The summed E-state index contributed by atoms with van der Waals surface area (Å²) in [5.41, 5.74) is 1.80. The smallest absolute Gasteiger partial charge is 0.274 e. The third-order valence-corrected chi connectivity index (χ3v) is 5.11. The molecule has 1 N–H and O–H groups in total. The monoisotopic (exact) mass is 388 g/mol. The van der Waals surface area contributed by atoms with Crippen LogP contribution in [0.15, 0.2) is 36.4 Å². The van der Waals surface area contributed by atoms with Gasteiger partial charge in [0.2, 0.25) is 0 Å². The van der Waals surface area contributed by atoms with E-state index in [0.717, 1.165) is 12.5 Å². The zero-order chi connectivity index (χ0) is 20.7. The van der Waals surface area contributed by atoms with Gasteiger partial charge < -0.3 is 9.84 Å². The average molecular weight is 388 g/mol. The van der Waals surface area contributed by atoms with Crippen LogP contribution < -0.4 is 4.74 Å². The van der Waals surface area contributed by atoms with Crippen LogP contribution in [0.3, 0.4) is 0 Å². The first-order valence-electron chi connectivity index (χ1n) is 9.49. The van der Waals surface area contributed by atoms with Crippen LogP contribution in [-0.4, -0.2) is 17.0 Å². The van der Waals surface area contributed by atoms with Crippen molar-refractivity contribution in [3.63, 3.8) is 0 Å². The van der Waals surface area contributed by atoms with Gasteiger partial charge >= 0.3 is 0 Å². The van der Waals surface area contributed by atoms with Gasteiger partial charge in [-0.25, -0.2) is 8.78 Å².